The van der Waals surface area contributed by atoms with Crippen molar-refractivity contribution in [2.24, 2.45) is 22.5 Å². The van der Waals surface area contributed by atoms with Gasteiger partial charge in [-0.25, -0.2) is 0 Å². The molecule has 0 bridgehead atoms. The smallest absolute Gasteiger partial charge is 0.0847 e. The van der Waals surface area contributed by atoms with Crippen LogP contribution in [-0.4, -0.2) is 15.8 Å². The molecule has 1 heterocycles. The summed E-state index contributed by atoms with van der Waals surface area (Å²) in [6.07, 6.45) is 0.811. The third-order valence-corrected chi connectivity index (χ3v) is 5.93. The second-order valence-electron chi connectivity index (χ2n) is 6.95. The van der Waals surface area contributed by atoms with Gasteiger partial charge >= 0.3 is 0 Å². The lowest BCUT2D eigenvalue weighted by molar-refractivity contribution is 0.457. The van der Waals surface area contributed by atoms with Crippen LogP contribution in [0.4, 0.5) is 0 Å². The minimum atomic E-state index is 0.142. The van der Waals surface area contributed by atoms with Gasteiger partial charge in [-0.2, -0.15) is 5.10 Å². The van der Waals surface area contributed by atoms with E-state index < -0.39 is 0 Å². The Morgan fingerprint density at radius 2 is 1.84 bits per heavy atom. The van der Waals surface area contributed by atoms with E-state index in [2.05, 4.69) is 39.7 Å². The molecule has 4 heteroatoms. The van der Waals surface area contributed by atoms with Crippen LogP contribution in [0.15, 0.2) is 0 Å². The first kappa shape index (κ1) is 14.9. The Morgan fingerprint density at radius 3 is 2.26 bits per heavy atom. The van der Waals surface area contributed by atoms with Gasteiger partial charge < -0.3 is 5.73 Å². The van der Waals surface area contributed by atoms with Crippen LogP contribution in [0.25, 0.3) is 0 Å². The number of rotatable bonds is 4. The van der Waals surface area contributed by atoms with Gasteiger partial charge in [-0.05, 0) is 30.6 Å². The van der Waals surface area contributed by atoms with Gasteiger partial charge in [-0.1, -0.05) is 39.3 Å². The first-order valence-electron chi connectivity index (χ1n) is 7.12. The number of hydrogen-bond acceptors (Lipinski definition) is 2. The van der Waals surface area contributed by atoms with Crippen molar-refractivity contribution in [3.8, 4) is 0 Å². The number of nitrogens with zero attached hydrogens (tertiary/aromatic N) is 2. The quantitative estimate of drug-likeness (QED) is 0.920. The Balaban J connectivity index is 2.19. The van der Waals surface area contributed by atoms with Gasteiger partial charge in [0, 0.05) is 19.0 Å². The Labute approximate surface area is 121 Å². The zero-order chi connectivity index (χ0) is 14.6. The molecular weight excluding hydrogens is 258 g/mol. The molecule has 0 spiro atoms. The molecule has 2 rings (SSSR count). The fourth-order valence-electron chi connectivity index (χ4n) is 3.72. The number of aromatic nitrogens is 2. The molecule has 1 aliphatic carbocycles. The summed E-state index contributed by atoms with van der Waals surface area (Å²) in [6, 6.07) is 0.142. The molecule has 108 valence electrons. The van der Waals surface area contributed by atoms with Gasteiger partial charge in [0.05, 0.1) is 16.4 Å². The molecule has 0 aromatic carbocycles. The molecule has 0 aliphatic heterocycles. The van der Waals surface area contributed by atoms with Crippen LogP contribution in [0.2, 0.25) is 5.02 Å². The van der Waals surface area contributed by atoms with Crippen LogP contribution >= 0.6 is 11.6 Å². The van der Waals surface area contributed by atoms with Gasteiger partial charge in [0.15, 0.2) is 0 Å². The monoisotopic (exact) mass is 283 g/mol. The van der Waals surface area contributed by atoms with Crippen LogP contribution in [0, 0.1) is 23.7 Å². The SMILES string of the molecule is CCn1nc(C)c(Cl)c1CC(N)C1C(C)(C)C1(C)C. The lowest BCUT2D eigenvalue weighted by Crippen LogP contribution is -2.29. The summed E-state index contributed by atoms with van der Waals surface area (Å²) < 4.78 is 1.99. The van der Waals surface area contributed by atoms with E-state index in [0.717, 1.165) is 29.4 Å². The largest absolute Gasteiger partial charge is 0.327 e. The average molecular weight is 284 g/mol. The highest BCUT2D eigenvalue weighted by atomic mass is 35.5. The van der Waals surface area contributed by atoms with E-state index in [0.29, 0.717) is 16.7 Å². The summed E-state index contributed by atoms with van der Waals surface area (Å²) >= 11 is 6.37. The molecule has 0 amide bonds. The van der Waals surface area contributed by atoms with Crippen molar-refractivity contribution < 1.29 is 0 Å². The van der Waals surface area contributed by atoms with Crippen molar-refractivity contribution in [3.05, 3.63) is 16.4 Å². The predicted octanol–water partition coefficient (Wildman–Crippen LogP) is 3.42. The predicted molar refractivity (Wildman–Crippen MR) is 80.4 cm³/mol. The Hall–Kier alpha value is -0.540. The zero-order valence-electron chi connectivity index (χ0n) is 12.9. The van der Waals surface area contributed by atoms with Gasteiger partial charge in [0.2, 0.25) is 0 Å². The van der Waals surface area contributed by atoms with E-state index in [9.17, 15) is 0 Å². The van der Waals surface area contributed by atoms with Gasteiger partial charge in [0.25, 0.3) is 0 Å². The molecule has 1 aromatic heterocycles. The first-order valence-corrected chi connectivity index (χ1v) is 7.49. The molecule has 1 saturated carbocycles. The Kier molecular flexibility index (Phi) is 3.51. The molecule has 1 unspecified atom stereocenters. The molecule has 1 atom stereocenters. The molecule has 1 aliphatic rings. The molecule has 19 heavy (non-hydrogen) atoms. The molecular formula is C15H26ClN3. The van der Waals surface area contributed by atoms with Crippen molar-refractivity contribution in [2.45, 2.75) is 60.5 Å². The van der Waals surface area contributed by atoms with E-state index in [4.69, 9.17) is 17.3 Å². The van der Waals surface area contributed by atoms with Crippen LogP contribution in [0.5, 0.6) is 0 Å². The number of nitrogens with two attached hydrogens (primary N) is 1. The highest BCUT2D eigenvalue weighted by Crippen LogP contribution is 2.69. The second kappa shape index (κ2) is 4.49. The summed E-state index contributed by atoms with van der Waals surface area (Å²) in [7, 11) is 0. The van der Waals surface area contributed by atoms with Crippen molar-refractivity contribution >= 4 is 11.6 Å². The van der Waals surface area contributed by atoms with Gasteiger partial charge in [-0.3, -0.25) is 4.68 Å². The van der Waals surface area contributed by atoms with Crippen molar-refractivity contribution in [2.75, 3.05) is 0 Å². The summed E-state index contributed by atoms with van der Waals surface area (Å²) in [5.74, 6) is 0.538. The maximum absolute atomic E-state index is 6.46. The number of aryl methyl sites for hydroxylation is 2. The number of halogens is 1. The van der Waals surface area contributed by atoms with Crippen molar-refractivity contribution in [1.82, 2.24) is 9.78 Å². The third-order valence-electron chi connectivity index (χ3n) is 5.44. The molecule has 3 nitrogen and oxygen atoms in total. The lowest BCUT2D eigenvalue weighted by atomic mass is 10.0. The lowest BCUT2D eigenvalue weighted by Gasteiger charge is -2.15. The molecule has 0 saturated heterocycles. The molecule has 0 radical (unpaired) electrons. The number of hydrogen-bond donors (Lipinski definition) is 1. The fraction of sp³-hybridized carbons (Fsp3) is 0.800. The summed E-state index contributed by atoms with van der Waals surface area (Å²) in [5, 5.41) is 5.25. The van der Waals surface area contributed by atoms with E-state index >= 15 is 0 Å². The molecule has 1 aromatic rings. The highest BCUT2D eigenvalue weighted by Gasteiger charge is 2.66. The first-order chi connectivity index (χ1) is 8.64. The van der Waals surface area contributed by atoms with Crippen LogP contribution in [0.1, 0.15) is 46.0 Å². The van der Waals surface area contributed by atoms with Crippen molar-refractivity contribution in [1.29, 1.82) is 0 Å². The van der Waals surface area contributed by atoms with Crippen LogP contribution in [-0.2, 0) is 13.0 Å². The van der Waals surface area contributed by atoms with Gasteiger partial charge in [0.1, 0.15) is 0 Å². The summed E-state index contributed by atoms with van der Waals surface area (Å²) in [4.78, 5) is 0. The second-order valence-corrected chi connectivity index (χ2v) is 7.33. The van der Waals surface area contributed by atoms with E-state index in [1.165, 1.54) is 0 Å². The Morgan fingerprint density at radius 1 is 1.32 bits per heavy atom. The standard InChI is InChI=1S/C15H26ClN3/c1-7-19-11(12(16)9(2)18-19)8-10(17)13-14(3,4)15(13,5)6/h10,13H,7-8,17H2,1-6H3. The Bertz CT molecular complexity index is 474. The maximum Gasteiger partial charge on any atom is 0.0847 e. The van der Waals surface area contributed by atoms with Gasteiger partial charge in [-0.15, -0.1) is 0 Å². The van der Waals surface area contributed by atoms with Crippen LogP contribution < -0.4 is 5.73 Å². The molecule has 2 N–H and O–H groups in total. The minimum absolute atomic E-state index is 0.142. The average Bonchev–Trinajstić information content (AvgIpc) is 2.56. The summed E-state index contributed by atoms with van der Waals surface area (Å²) in [6.45, 7) is 14.1. The minimum Gasteiger partial charge on any atom is -0.327 e. The normalized spacial score (nSPS) is 22.5. The third kappa shape index (κ3) is 2.11. The molecule has 1 fully saturated rings. The van der Waals surface area contributed by atoms with E-state index in [1.807, 2.05) is 11.6 Å². The van der Waals surface area contributed by atoms with E-state index in [-0.39, 0.29) is 6.04 Å². The maximum atomic E-state index is 6.46. The van der Waals surface area contributed by atoms with E-state index in [1.54, 1.807) is 0 Å². The highest BCUT2D eigenvalue weighted by molar-refractivity contribution is 6.31. The van der Waals surface area contributed by atoms with Crippen LogP contribution in [0.3, 0.4) is 0 Å². The zero-order valence-corrected chi connectivity index (χ0v) is 13.7. The summed E-state index contributed by atoms with van der Waals surface area (Å²) in [5.41, 5.74) is 9.08. The fourth-order valence-corrected chi connectivity index (χ4v) is 3.94. The topological polar surface area (TPSA) is 43.8 Å². The van der Waals surface area contributed by atoms with Crippen molar-refractivity contribution in [3.63, 3.8) is 0 Å².